The molecule has 2 aliphatic rings. The van der Waals surface area contributed by atoms with E-state index in [1.54, 1.807) is 0 Å². The van der Waals surface area contributed by atoms with Gasteiger partial charge in [0.1, 0.15) is 11.6 Å². The maximum Gasteiger partial charge on any atom is 0.133 e. The summed E-state index contributed by atoms with van der Waals surface area (Å²) in [6, 6.07) is 2.56. The van der Waals surface area contributed by atoms with Crippen molar-refractivity contribution in [3.05, 3.63) is 18.1 Å². The molecule has 0 radical (unpaired) electrons. The lowest BCUT2D eigenvalue weighted by Gasteiger charge is -2.34. The van der Waals surface area contributed by atoms with Gasteiger partial charge >= 0.3 is 0 Å². The van der Waals surface area contributed by atoms with E-state index < -0.39 is 0 Å². The molecule has 16 heavy (non-hydrogen) atoms. The molecule has 1 unspecified atom stereocenters. The number of aromatic nitrogens is 2. The van der Waals surface area contributed by atoms with Gasteiger partial charge in [-0.2, -0.15) is 0 Å². The molecule has 0 bridgehead atoms. The summed E-state index contributed by atoms with van der Waals surface area (Å²) in [5.74, 6) is 2.78. The highest BCUT2D eigenvalue weighted by Crippen LogP contribution is 2.38. The molecule has 0 aromatic carbocycles. The van der Waals surface area contributed by atoms with E-state index in [1.165, 1.54) is 12.8 Å². The van der Waals surface area contributed by atoms with Crippen molar-refractivity contribution in [3.63, 3.8) is 0 Å². The molecule has 1 atom stereocenters. The van der Waals surface area contributed by atoms with E-state index in [4.69, 9.17) is 4.98 Å². The molecule has 86 valence electrons. The van der Waals surface area contributed by atoms with E-state index in [2.05, 4.69) is 22.1 Å². The third-order valence-electron chi connectivity index (χ3n) is 3.40. The third kappa shape index (κ3) is 1.89. The first-order chi connectivity index (χ1) is 7.84. The zero-order chi connectivity index (χ0) is 11.0. The highest BCUT2D eigenvalue weighted by Gasteiger charge is 2.27. The molecule has 2 heterocycles. The van der Waals surface area contributed by atoms with Gasteiger partial charge in [0, 0.05) is 37.8 Å². The molecule has 3 rings (SSSR count). The Bertz CT molecular complexity index is 375. The minimum atomic E-state index is 0.524. The molecule has 0 spiro atoms. The standard InChI is InChI=1S/C12H18N4/c1-9-8-13-6-7-16(9)11-4-5-14-12(15-11)10-2-3-10/h4-5,9-10,13H,2-3,6-8H2,1H3. The van der Waals surface area contributed by atoms with Crippen molar-refractivity contribution in [2.45, 2.75) is 31.7 Å². The molecule has 1 saturated carbocycles. The Morgan fingerprint density at radius 2 is 2.31 bits per heavy atom. The van der Waals surface area contributed by atoms with Crippen molar-refractivity contribution in [2.24, 2.45) is 0 Å². The maximum atomic E-state index is 4.70. The van der Waals surface area contributed by atoms with Crippen LogP contribution in [0.25, 0.3) is 0 Å². The first kappa shape index (κ1) is 10.0. The Kier molecular flexibility index (Phi) is 2.52. The van der Waals surface area contributed by atoms with Gasteiger partial charge in [0.15, 0.2) is 0 Å². The van der Waals surface area contributed by atoms with Crippen LogP contribution in [0.2, 0.25) is 0 Å². The quantitative estimate of drug-likeness (QED) is 0.808. The predicted molar refractivity (Wildman–Crippen MR) is 63.7 cm³/mol. The Morgan fingerprint density at radius 3 is 3.06 bits per heavy atom. The molecule has 0 amide bonds. The molecule has 1 aromatic heterocycles. The number of nitrogens with one attached hydrogen (secondary N) is 1. The number of hydrogen-bond acceptors (Lipinski definition) is 4. The second-order valence-corrected chi connectivity index (χ2v) is 4.79. The maximum absolute atomic E-state index is 4.70. The van der Waals surface area contributed by atoms with Crippen molar-refractivity contribution in [2.75, 3.05) is 24.5 Å². The second kappa shape index (κ2) is 4.01. The minimum Gasteiger partial charge on any atom is -0.351 e. The van der Waals surface area contributed by atoms with Crippen LogP contribution in [0.3, 0.4) is 0 Å². The first-order valence-electron chi connectivity index (χ1n) is 6.15. The Balaban J connectivity index is 1.83. The van der Waals surface area contributed by atoms with Crippen molar-refractivity contribution in [1.29, 1.82) is 0 Å². The number of hydrogen-bond donors (Lipinski definition) is 1. The van der Waals surface area contributed by atoms with E-state index in [0.717, 1.165) is 31.3 Å². The van der Waals surface area contributed by atoms with Crippen molar-refractivity contribution in [1.82, 2.24) is 15.3 Å². The van der Waals surface area contributed by atoms with Crippen LogP contribution < -0.4 is 10.2 Å². The van der Waals surface area contributed by atoms with Crippen LogP contribution in [0, 0.1) is 0 Å². The van der Waals surface area contributed by atoms with E-state index in [1.807, 2.05) is 12.3 Å². The number of anilines is 1. The van der Waals surface area contributed by atoms with Crippen molar-refractivity contribution in [3.8, 4) is 0 Å². The monoisotopic (exact) mass is 218 g/mol. The summed E-state index contributed by atoms with van der Waals surface area (Å²) < 4.78 is 0. The summed E-state index contributed by atoms with van der Waals surface area (Å²) in [5.41, 5.74) is 0. The normalized spacial score (nSPS) is 25.8. The molecule has 4 nitrogen and oxygen atoms in total. The van der Waals surface area contributed by atoms with Gasteiger partial charge in [-0.05, 0) is 25.8 Å². The average Bonchev–Trinajstić information content (AvgIpc) is 3.14. The fraction of sp³-hybridized carbons (Fsp3) is 0.667. The topological polar surface area (TPSA) is 41.0 Å². The Labute approximate surface area is 96.1 Å². The van der Waals surface area contributed by atoms with E-state index in [9.17, 15) is 0 Å². The largest absolute Gasteiger partial charge is 0.351 e. The van der Waals surface area contributed by atoms with E-state index in [0.29, 0.717) is 12.0 Å². The Hall–Kier alpha value is -1.16. The van der Waals surface area contributed by atoms with Crippen LogP contribution in [0.1, 0.15) is 31.5 Å². The zero-order valence-electron chi connectivity index (χ0n) is 9.69. The fourth-order valence-corrected chi connectivity index (χ4v) is 2.24. The van der Waals surface area contributed by atoms with E-state index in [-0.39, 0.29) is 0 Å². The molecule has 1 aromatic rings. The second-order valence-electron chi connectivity index (χ2n) is 4.79. The SMILES string of the molecule is CC1CNCCN1c1ccnc(C2CC2)n1. The van der Waals surface area contributed by atoms with Gasteiger partial charge in [0.25, 0.3) is 0 Å². The summed E-state index contributed by atoms with van der Waals surface area (Å²) in [6.07, 6.45) is 4.44. The summed E-state index contributed by atoms with van der Waals surface area (Å²) >= 11 is 0. The number of rotatable bonds is 2. The lowest BCUT2D eigenvalue weighted by molar-refractivity contribution is 0.496. The fourth-order valence-electron chi connectivity index (χ4n) is 2.24. The summed E-state index contributed by atoms with van der Waals surface area (Å²) in [7, 11) is 0. The predicted octanol–water partition coefficient (Wildman–Crippen LogP) is 1.15. The molecule has 1 saturated heterocycles. The lowest BCUT2D eigenvalue weighted by Crippen LogP contribution is -2.50. The summed E-state index contributed by atoms with van der Waals surface area (Å²) in [5, 5.41) is 3.40. The van der Waals surface area contributed by atoms with Crippen molar-refractivity contribution < 1.29 is 0 Å². The smallest absolute Gasteiger partial charge is 0.133 e. The zero-order valence-corrected chi connectivity index (χ0v) is 9.69. The number of nitrogens with zero attached hydrogens (tertiary/aromatic N) is 3. The molecule has 2 fully saturated rings. The van der Waals surface area contributed by atoms with Gasteiger partial charge in [-0.3, -0.25) is 0 Å². The van der Waals surface area contributed by atoms with E-state index >= 15 is 0 Å². The highest BCUT2D eigenvalue weighted by atomic mass is 15.3. The van der Waals surface area contributed by atoms with Crippen LogP contribution in [0.5, 0.6) is 0 Å². The van der Waals surface area contributed by atoms with Gasteiger partial charge in [-0.1, -0.05) is 0 Å². The van der Waals surface area contributed by atoms with Gasteiger partial charge in [-0.25, -0.2) is 9.97 Å². The van der Waals surface area contributed by atoms with Crippen molar-refractivity contribution >= 4 is 5.82 Å². The van der Waals surface area contributed by atoms with Gasteiger partial charge in [0.05, 0.1) is 0 Å². The molecule has 1 N–H and O–H groups in total. The average molecular weight is 218 g/mol. The van der Waals surface area contributed by atoms with Crippen LogP contribution in [-0.4, -0.2) is 35.6 Å². The molecular weight excluding hydrogens is 200 g/mol. The van der Waals surface area contributed by atoms with Crippen LogP contribution in [0.4, 0.5) is 5.82 Å². The van der Waals surface area contributed by atoms with Gasteiger partial charge in [-0.15, -0.1) is 0 Å². The molecule has 1 aliphatic heterocycles. The summed E-state index contributed by atoms with van der Waals surface area (Å²) in [4.78, 5) is 11.4. The molecule has 1 aliphatic carbocycles. The van der Waals surface area contributed by atoms with Crippen LogP contribution in [-0.2, 0) is 0 Å². The van der Waals surface area contributed by atoms with Gasteiger partial charge < -0.3 is 10.2 Å². The van der Waals surface area contributed by atoms with Crippen LogP contribution in [0.15, 0.2) is 12.3 Å². The Morgan fingerprint density at radius 1 is 1.44 bits per heavy atom. The third-order valence-corrected chi connectivity index (χ3v) is 3.40. The minimum absolute atomic E-state index is 0.524. The molecule has 4 heteroatoms. The lowest BCUT2D eigenvalue weighted by atomic mass is 10.2. The highest BCUT2D eigenvalue weighted by molar-refractivity contribution is 5.40. The summed E-state index contributed by atoms with van der Waals surface area (Å²) in [6.45, 7) is 5.38. The first-order valence-corrected chi connectivity index (χ1v) is 6.15. The van der Waals surface area contributed by atoms with Gasteiger partial charge in [0.2, 0.25) is 0 Å². The molecular formula is C12H18N4. The number of piperazine rings is 1. The van der Waals surface area contributed by atoms with Crippen LogP contribution >= 0.6 is 0 Å².